The van der Waals surface area contributed by atoms with Crippen LogP contribution in [0.5, 0.6) is 0 Å². The minimum Gasteiger partial charge on any atom is -0.437 e. The lowest BCUT2D eigenvalue weighted by Crippen LogP contribution is -1.82. The summed E-state index contributed by atoms with van der Waals surface area (Å²) in [5.74, 6) is 0. The molecular weight excluding hydrogens is 246 g/mol. The Balaban J connectivity index is 2.13. The van der Waals surface area contributed by atoms with Crippen LogP contribution in [0.2, 0.25) is 0 Å². The number of rotatable bonds is 1. The number of fused-ring (bicyclic) bond motifs is 3. The summed E-state index contributed by atoms with van der Waals surface area (Å²) in [7, 11) is 0. The van der Waals surface area contributed by atoms with Crippen LogP contribution in [0.4, 0.5) is 0 Å². The van der Waals surface area contributed by atoms with Gasteiger partial charge in [0.2, 0.25) is 5.71 Å². The van der Waals surface area contributed by atoms with Crippen LogP contribution in [0.15, 0.2) is 65.2 Å². The topological polar surface area (TPSA) is 26.0 Å². The van der Waals surface area contributed by atoms with Crippen molar-refractivity contribution in [3.63, 3.8) is 0 Å². The molecule has 0 radical (unpaired) electrons. The Hall–Kier alpha value is -2.61. The molecule has 0 atom stereocenters. The fourth-order valence-electron chi connectivity index (χ4n) is 2.72. The van der Waals surface area contributed by atoms with E-state index in [1.165, 1.54) is 11.1 Å². The van der Waals surface area contributed by atoms with Crippen LogP contribution in [-0.2, 0) is 0 Å². The molecule has 0 aliphatic rings. The van der Waals surface area contributed by atoms with Gasteiger partial charge in [-0.05, 0) is 30.2 Å². The maximum atomic E-state index is 5.98. The Labute approximate surface area is 116 Å². The van der Waals surface area contributed by atoms with Crippen molar-refractivity contribution in [1.29, 1.82) is 0 Å². The number of pyridine rings is 1. The quantitative estimate of drug-likeness (QED) is 0.483. The first-order valence-electron chi connectivity index (χ1n) is 6.67. The minimum absolute atomic E-state index is 0.698. The SMILES string of the molecule is Cc1ccccc1-c1cccc2c1oc1ncccc12. The monoisotopic (exact) mass is 259 g/mol. The molecule has 0 aliphatic heterocycles. The number of aryl methyl sites for hydroxylation is 1. The lowest BCUT2D eigenvalue weighted by molar-refractivity contribution is 0.655. The maximum Gasteiger partial charge on any atom is 0.227 e. The van der Waals surface area contributed by atoms with Crippen LogP contribution >= 0.6 is 0 Å². The zero-order valence-corrected chi connectivity index (χ0v) is 11.1. The molecule has 2 heterocycles. The van der Waals surface area contributed by atoms with E-state index in [0.717, 1.165) is 21.9 Å². The summed E-state index contributed by atoms with van der Waals surface area (Å²) in [5.41, 5.74) is 5.18. The average Bonchev–Trinajstić information content (AvgIpc) is 2.86. The van der Waals surface area contributed by atoms with Gasteiger partial charge in [0.1, 0.15) is 5.58 Å². The minimum atomic E-state index is 0.698. The van der Waals surface area contributed by atoms with Gasteiger partial charge in [-0.25, -0.2) is 4.98 Å². The second kappa shape index (κ2) is 4.20. The van der Waals surface area contributed by atoms with Gasteiger partial charge in [-0.2, -0.15) is 0 Å². The van der Waals surface area contributed by atoms with Gasteiger partial charge in [0.05, 0.1) is 0 Å². The lowest BCUT2D eigenvalue weighted by Gasteiger charge is -2.05. The van der Waals surface area contributed by atoms with Crippen LogP contribution in [0.25, 0.3) is 33.2 Å². The van der Waals surface area contributed by atoms with E-state index in [9.17, 15) is 0 Å². The third-order valence-electron chi connectivity index (χ3n) is 3.71. The standard InChI is InChI=1S/C18H13NO/c1-12-6-2-3-7-13(12)14-8-4-9-15-16-10-5-11-19-18(16)20-17(14)15/h2-11H,1H3. The average molecular weight is 259 g/mol. The normalized spacial score (nSPS) is 11.2. The molecule has 0 unspecified atom stereocenters. The Morgan fingerprint density at radius 2 is 1.60 bits per heavy atom. The smallest absolute Gasteiger partial charge is 0.227 e. The van der Waals surface area contributed by atoms with Gasteiger partial charge in [-0.15, -0.1) is 0 Å². The molecule has 0 aliphatic carbocycles. The summed E-state index contributed by atoms with van der Waals surface area (Å²) < 4.78 is 5.98. The molecule has 4 rings (SSSR count). The van der Waals surface area contributed by atoms with Crippen molar-refractivity contribution in [3.05, 3.63) is 66.4 Å². The molecule has 0 saturated heterocycles. The highest BCUT2D eigenvalue weighted by Crippen LogP contribution is 2.35. The highest BCUT2D eigenvalue weighted by atomic mass is 16.3. The largest absolute Gasteiger partial charge is 0.437 e. The molecule has 0 bridgehead atoms. The zero-order chi connectivity index (χ0) is 13.5. The van der Waals surface area contributed by atoms with Crippen molar-refractivity contribution in [2.75, 3.05) is 0 Å². The van der Waals surface area contributed by atoms with Crippen molar-refractivity contribution < 1.29 is 4.42 Å². The van der Waals surface area contributed by atoms with E-state index < -0.39 is 0 Å². The predicted octanol–water partition coefficient (Wildman–Crippen LogP) is 4.96. The maximum absolute atomic E-state index is 5.98. The molecule has 2 heteroatoms. The first kappa shape index (κ1) is 11.2. The zero-order valence-electron chi connectivity index (χ0n) is 11.1. The fourth-order valence-corrected chi connectivity index (χ4v) is 2.72. The van der Waals surface area contributed by atoms with Crippen molar-refractivity contribution in [3.8, 4) is 11.1 Å². The van der Waals surface area contributed by atoms with Crippen LogP contribution in [-0.4, -0.2) is 4.98 Å². The highest BCUT2D eigenvalue weighted by molar-refractivity contribution is 6.08. The molecule has 0 saturated carbocycles. The van der Waals surface area contributed by atoms with Crippen LogP contribution in [0.1, 0.15) is 5.56 Å². The molecule has 2 aromatic heterocycles. The van der Waals surface area contributed by atoms with Gasteiger partial charge in [-0.1, -0.05) is 42.5 Å². The van der Waals surface area contributed by atoms with E-state index in [4.69, 9.17) is 4.42 Å². The summed E-state index contributed by atoms with van der Waals surface area (Å²) in [6.45, 7) is 2.12. The van der Waals surface area contributed by atoms with E-state index in [0.29, 0.717) is 5.71 Å². The summed E-state index contributed by atoms with van der Waals surface area (Å²) in [4.78, 5) is 4.31. The Bertz CT molecular complexity index is 921. The number of benzene rings is 2. The van der Waals surface area contributed by atoms with Crippen molar-refractivity contribution in [1.82, 2.24) is 4.98 Å². The van der Waals surface area contributed by atoms with Crippen molar-refractivity contribution in [2.24, 2.45) is 0 Å². The highest BCUT2D eigenvalue weighted by Gasteiger charge is 2.13. The van der Waals surface area contributed by atoms with Gasteiger partial charge in [-0.3, -0.25) is 0 Å². The first-order chi connectivity index (χ1) is 9.84. The summed E-state index contributed by atoms with van der Waals surface area (Å²) in [5, 5.41) is 2.19. The van der Waals surface area contributed by atoms with Crippen molar-refractivity contribution >= 4 is 22.1 Å². The molecular formula is C18H13NO. The molecule has 4 aromatic rings. The Morgan fingerprint density at radius 1 is 0.800 bits per heavy atom. The summed E-state index contributed by atoms with van der Waals surface area (Å²) in [6, 6.07) is 18.6. The van der Waals surface area contributed by atoms with Crippen LogP contribution in [0.3, 0.4) is 0 Å². The molecule has 0 amide bonds. The van der Waals surface area contributed by atoms with Gasteiger partial charge < -0.3 is 4.42 Å². The Morgan fingerprint density at radius 3 is 2.50 bits per heavy atom. The third kappa shape index (κ3) is 1.55. The van der Waals surface area contributed by atoms with Gasteiger partial charge >= 0.3 is 0 Å². The molecule has 2 aromatic carbocycles. The van der Waals surface area contributed by atoms with Gasteiger partial charge in [0.15, 0.2) is 0 Å². The first-order valence-corrected chi connectivity index (χ1v) is 6.67. The fraction of sp³-hybridized carbons (Fsp3) is 0.0556. The number of nitrogens with zero attached hydrogens (tertiary/aromatic N) is 1. The number of furan rings is 1. The van der Waals surface area contributed by atoms with Crippen LogP contribution in [0, 0.1) is 6.92 Å². The van der Waals surface area contributed by atoms with Crippen molar-refractivity contribution in [2.45, 2.75) is 6.92 Å². The number of aromatic nitrogens is 1. The van der Waals surface area contributed by atoms with E-state index in [1.54, 1.807) is 6.20 Å². The predicted molar refractivity (Wildman–Crippen MR) is 81.7 cm³/mol. The number of para-hydroxylation sites is 1. The molecule has 20 heavy (non-hydrogen) atoms. The summed E-state index contributed by atoms with van der Waals surface area (Å²) >= 11 is 0. The van der Waals surface area contributed by atoms with Gasteiger partial charge in [0.25, 0.3) is 0 Å². The Kier molecular flexibility index (Phi) is 2.36. The number of hydrogen-bond donors (Lipinski definition) is 0. The van der Waals surface area contributed by atoms with E-state index in [2.05, 4.69) is 60.4 Å². The van der Waals surface area contributed by atoms with Crippen LogP contribution < -0.4 is 0 Å². The molecule has 0 fully saturated rings. The third-order valence-corrected chi connectivity index (χ3v) is 3.71. The molecule has 0 spiro atoms. The second-order valence-electron chi connectivity index (χ2n) is 4.96. The summed E-state index contributed by atoms with van der Waals surface area (Å²) in [6.07, 6.45) is 1.76. The molecule has 2 nitrogen and oxygen atoms in total. The van der Waals surface area contributed by atoms with E-state index >= 15 is 0 Å². The van der Waals surface area contributed by atoms with Gasteiger partial charge in [0, 0.05) is 22.5 Å². The second-order valence-corrected chi connectivity index (χ2v) is 4.96. The number of hydrogen-bond acceptors (Lipinski definition) is 2. The molecule has 96 valence electrons. The lowest BCUT2D eigenvalue weighted by atomic mass is 9.99. The van der Waals surface area contributed by atoms with E-state index in [1.807, 2.05) is 6.07 Å². The molecule has 0 N–H and O–H groups in total. The van der Waals surface area contributed by atoms with E-state index in [-0.39, 0.29) is 0 Å².